The molecule has 0 saturated heterocycles. The van der Waals surface area contributed by atoms with E-state index >= 15 is 0 Å². The molecule has 0 aromatic carbocycles. The largest absolute Gasteiger partial charge is 0.477 e. The summed E-state index contributed by atoms with van der Waals surface area (Å²) in [5, 5.41) is 10.6. The highest BCUT2D eigenvalue weighted by atomic mass is 32.1. The van der Waals surface area contributed by atoms with E-state index in [9.17, 15) is 9.59 Å². The molecular formula is C12H10N2O3S. The molecule has 0 aliphatic rings. The number of amides is 1. The molecule has 0 unspecified atom stereocenters. The molecule has 1 amide bonds. The topological polar surface area (TPSA) is 70.5 Å². The van der Waals surface area contributed by atoms with Crippen molar-refractivity contribution >= 4 is 28.9 Å². The van der Waals surface area contributed by atoms with Crippen molar-refractivity contribution in [2.75, 3.05) is 11.9 Å². The van der Waals surface area contributed by atoms with Gasteiger partial charge in [-0.25, -0.2) is 9.78 Å². The van der Waals surface area contributed by atoms with Gasteiger partial charge < -0.3 is 10.0 Å². The van der Waals surface area contributed by atoms with Gasteiger partial charge in [-0.05, 0) is 23.6 Å². The number of pyridine rings is 1. The first-order chi connectivity index (χ1) is 8.59. The third kappa shape index (κ3) is 2.38. The molecule has 6 heteroatoms. The molecule has 5 nitrogen and oxygen atoms in total. The molecule has 18 heavy (non-hydrogen) atoms. The second kappa shape index (κ2) is 4.97. The molecule has 0 bridgehead atoms. The molecule has 0 atom stereocenters. The Hall–Kier alpha value is -2.21. The minimum atomic E-state index is -1.09. The number of anilines is 1. The van der Waals surface area contributed by atoms with Crippen molar-refractivity contribution in [2.45, 2.75) is 0 Å². The Morgan fingerprint density at radius 3 is 2.61 bits per heavy atom. The van der Waals surface area contributed by atoms with Gasteiger partial charge >= 0.3 is 5.97 Å². The van der Waals surface area contributed by atoms with Crippen LogP contribution in [0.25, 0.3) is 0 Å². The molecule has 2 aromatic heterocycles. The van der Waals surface area contributed by atoms with Gasteiger partial charge in [-0.3, -0.25) is 4.79 Å². The van der Waals surface area contributed by atoms with Crippen LogP contribution in [0.4, 0.5) is 5.69 Å². The molecule has 2 aromatic rings. The van der Waals surface area contributed by atoms with E-state index in [2.05, 4.69) is 4.98 Å². The van der Waals surface area contributed by atoms with Crippen molar-refractivity contribution in [1.82, 2.24) is 4.98 Å². The summed E-state index contributed by atoms with van der Waals surface area (Å²) in [5.41, 5.74) is 0.508. The lowest BCUT2D eigenvalue weighted by atomic mass is 10.3. The van der Waals surface area contributed by atoms with Crippen molar-refractivity contribution < 1.29 is 14.7 Å². The van der Waals surface area contributed by atoms with Gasteiger partial charge in [0, 0.05) is 7.05 Å². The van der Waals surface area contributed by atoms with Crippen LogP contribution in [0.1, 0.15) is 20.2 Å². The van der Waals surface area contributed by atoms with Crippen molar-refractivity contribution in [2.24, 2.45) is 0 Å². The van der Waals surface area contributed by atoms with E-state index in [4.69, 9.17) is 5.11 Å². The number of carbonyl (C=O) groups excluding carboxylic acids is 1. The predicted octanol–water partition coefficient (Wildman–Crippen LogP) is 2.12. The van der Waals surface area contributed by atoms with E-state index in [1.54, 1.807) is 25.2 Å². The molecule has 1 N–H and O–H groups in total. The third-order valence-electron chi connectivity index (χ3n) is 2.39. The first-order valence-electron chi connectivity index (χ1n) is 5.10. The second-order valence-corrected chi connectivity index (χ2v) is 4.50. The molecule has 0 aliphatic carbocycles. The maximum absolute atomic E-state index is 12.0. The highest BCUT2D eigenvalue weighted by molar-refractivity contribution is 7.12. The molecule has 0 aliphatic heterocycles. The number of carboxylic acid groups (broad SMARTS) is 1. The van der Waals surface area contributed by atoms with E-state index < -0.39 is 5.97 Å². The zero-order valence-electron chi connectivity index (χ0n) is 9.53. The number of carbonyl (C=O) groups is 2. The lowest BCUT2D eigenvalue weighted by Gasteiger charge is -2.15. The van der Waals surface area contributed by atoms with Crippen LogP contribution in [0.15, 0.2) is 35.8 Å². The Labute approximate surface area is 107 Å². The van der Waals surface area contributed by atoms with Crippen molar-refractivity contribution in [3.8, 4) is 0 Å². The summed E-state index contributed by atoms with van der Waals surface area (Å²) in [5.74, 6) is -1.23. The number of nitrogens with zero attached hydrogens (tertiary/aromatic N) is 2. The highest BCUT2D eigenvalue weighted by Crippen LogP contribution is 2.17. The zero-order valence-corrected chi connectivity index (χ0v) is 10.3. The summed E-state index contributed by atoms with van der Waals surface area (Å²) >= 11 is 1.36. The molecule has 92 valence electrons. The standard InChI is InChI=1S/C12H10N2O3S/c1-14(11(15)10-3-2-6-18-10)8-4-5-9(12(16)17)13-7-8/h2-7H,1H3,(H,16,17). The SMILES string of the molecule is CN(C(=O)c1cccs1)c1ccc(C(=O)O)nc1. The number of thiophene rings is 1. The Kier molecular flexibility index (Phi) is 3.38. The average molecular weight is 262 g/mol. The van der Waals surface area contributed by atoms with Gasteiger partial charge in [-0.1, -0.05) is 6.07 Å². The Bertz CT molecular complexity index is 564. The van der Waals surface area contributed by atoms with Gasteiger partial charge in [-0.2, -0.15) is 0 Å². The fraction of sp³-hybridized carbons (Fsp3) is 0.0833. The highest BCUT2D eigenvalue weighted by Gasteiger charge is 2.15. The molecular weight excluding hydrogens is 252 g/mol. The zero-order chi connectivity index (χ0) is 13.1. The summed E-state index contributed by atoms with van der Waals surface area (Å²) in [7, 11) is 1.62. The van der Waals surface area contributed by atoms with E-state index in [0.29, 0.717) is 10.6 Å². The van der Waals surface area contributed by atoms with Gasteiger partial charge in [0.1, 0.15) is 5.69 Å². The first-order valence-corrected chi connectivity index (χ1v) is 5.98. The van der Waals surface area contributed by atoms with Crippen molar-refractivity contribution in [3.05, 3.63) is 46.4 Å². The van der Waals surface area contributed by atoms with E-state index in [-0.39, 0.29) is 11.6 Å². The fourth-order valence-electron chi connectivity index (χ4n) is 1.39. The molecule has 2 rings (SSSR count). The van der Waals surface area contributed by atoms with Crippen molar-refractivity contribution in [1.29, 1.82) is 0 Å². The number of carboxylic acids is 1. The number of rotatable bonds is 3. The van der Waals surface area contributed by atoms with Gasteiger partial charge in [0.15, 0.2) is 0 Å². The smallest absolute Gasteiger partial charge is 0.354 e. The van der Waals surface area contributed by atoms with Crippen LogP contribution in [-0.4, -0.2) is 29.0 Å². The van der Waals surface area contributed by atoms with Gasteiger partial charge in [0.2, 0.25) is 0 Å². The van der Waals surface area contributed by atoms with Crippen LogP contribution < -0.4 is 4.90 Å². The molecule has 0 saturated carbocycles. The maximum Gasteiger partial charge on any atom is 0.354 e. The molecule has 0 fully saturated rings. The monoisotopic (exact) mass is 262 g/mol. The van der Waals surface area contributed by atoms with Crippen LogP contribution in [0.5, 0.6) is 0 Å². The Morgan fingerprint density at radius 2 is 2.11 bits per heavy atom. The summed E-state index contributed by atoms with van der Waals surface area (Å²) in [6.07, 6.45) is 1.37. The van der Waals surface area contributed by atoms with Gasteiger partial charge in [0.05, 0.1) is 16.8 Å². The van der Waals surface area contributed by atoms with Crippen molar-refractivity contribution in [3.63, 3.8) is 0 Å². The predicted molar refractivity (Wildman–Crippen MR) is 68.2 cm³/mol. The Morgan fingerprint density at radius 1 is 1.33 bits per heavy atom. The van der Waals surface area contributed by atoms with E-state index in [0.717, 1.165) is 0 Å². The molecule has 0 spiro atoms. The van der Waals surface area contributed by atoms with Gasteiger partial charge in [-0.15, -0.1) is 11.3 Å². The van der Waals surface area contributed by atoms with Crippen LogP contribution >= 0.6 is 11.3 Å². The fourth-order valence-corrected chi connectivity index (χ4v) is 2.09. The summed E-state index contributed by atoms with van der Waals surface area (Å²) in [4.78, 5) is 28.5. The van der Waals surface area contributed by atoms with Crippen LogP contribution in [0.3, 0.4) is 0 Å². The quantitative estimate of drug-likeness (QED) is 0.919. The second-order valence-electron chi connectivity index (χ2n) is 3.55. The maximum atomic E-state index is 12.0. The van der Waals surface area contributed by atoms with Gasteiger partial charge in [0.25, 0.3) is 5.91 Å². The normalized spacial score (nSPS) is 10.1. The number of aromatic nitrogens is 1. The number of hydrogen-bond acceptors (Lipinski definition) is 4. The van der Waals surface area contributed by atoms with E-state index in [1.165, 1.54) is 28.5 Å². The van der Waals surface area contributed by atoms with E-state index in [1.807, 2.05) is 5.38 Å². The molecule has 2 heterocycles. The third-order valence-corrected chi connectivity index (χ3v) is 3.25. The summed E-state index contributed by atoms with van der Waals surface area (Å²) < 4.78 is 0. The molecule has 0 radical (unpaired) electrons. The van der Waals surface area contributed by atoms with Crippen LogP contribution in [0.2, 0.25) is 0 Å². The Balaban J connectivity index is 2.21. The van der Waals surface area contributed by atoms with Crippen LogP contribution in [0, 0.1) is 0 Å². The number of hydrogen-bond donors (Lipinski definition) is 1. The van der Waals surface area contributed by atoms with Crippen LogP contribution in [-0.2, 0) is 0 Å². The minimum absolute atomic E-state index is 0.0456. The lowest BCUT2D eigenvalue weighted by Crippen LogP contribution is -2.25. The average Bonchev–Trinajstić information content (AvgIpc) is 2.91. The lowest BCUT2D eigenvalue weighted by molar-refractivity contribution is 0.0690. The summed E-state index contributed by atoms with van der Waals surface area (Å²) in [6.45, 7) is 0. The summed E-state index contributed by atoms with van der Waals surface area (Å²) in [6, 6.07) is 6.47. The minimum Gasteiger partial charge on any atom is -0.477 e. The number of aromatic carboxylic acids is 1. The first kappa shape index (κ1) is 12.3.